The molecule has 0 aliphatic carbocycles. The molecule has 1 unspecified atom stereocenters. The minimum atomic E-state index is -1.14. The van der Waals surface area contributed by atoms with Crippen molar-refractivity contribution in [2.45, 2.75) is 0 Å². The molecule has 0 amide bonds. The van der Waals surface area contributed by atoms with E-state index in [0.29, 0.717) is 17.6 Å². The highest BCUT2D eigenvalue weighted by atomic mass is 32.2. The molecule has 3 rings (SSSR count). The number of nitrogens with one attached hydrogen (secondary N) is 3. The van der Waals surface area contributed by atoms with Crippen molar-refractivity contribution >= 4 is 34.2 Å². The standard InChI is InChI=1S/C17H19N7O2S/c1-27(25)24-14-4-2-3-13(9-14)21-17-20-10-15(26-17)11-5-7-12(8-6-11)16(22-18)23-19/h2-10,24H,18-19H2,1H3,(H,20,21)(H,22,23). The Morgan fingerprint density at radius 3 is 2.59 bits per heavy atom. The second-order valence-electron chi connectivity index (χ2n) is 5.49. The van der Waals surface area contributed by atoms with E-state index >= 15 is 0 Å². The molecular formula is C17H19N7O2S. The summed E-state index contributed by atoms with van der Waals surface area (Å²) in [5.74, 6) is 11.6. The lowest BCUT2D eigenvalue weighted by molar-refractivity contribution is 0.592. The first-order valence-electron chi connectivity index (χ1n) is 7.87. The highest BCUT2D eigenvalue weighted by Crippen LogP contribution is 2.25. The van der Waals surface area contributed by atoms with Gasteiger partial charge < -0.3 is 25.7 Å². The van der Waals surface area contributed by atoms with Crippen molar-refractivity contribution in [2.75, 3.05) is 16.3 Å². The Morgan fingerprint density at radius 1 is 1.19 bits per heavy atom. The normalized spacial score (nSPS) is 12.4. The van der Waals surface area contributed by atoms with E-state index in [0.717, 1.165) is 22.5 Å². The maximum Gasteiger partial charge on any atom is 0.299 e. The lowest BCUT2D eigenvalue weighted by Gasteiger charge is -2.06. The third kappa shape index (κ3) is 4.63. The molecule has 1 aromatic heterocycles. The van der Waals surface area contributed by atoms with Gasteiger partial charge in [-0.1, -0.05) is 30.3 Å². The van der Waals surface area contributed by atoms with Gasteiger partial charge in [0, 0.05) is 28.8 Å². The van der Waals surface area contributed by atoms with E-state index in [1.165, 1.54) is 0 Å². The predicted molar refractivity (Wildman–Crippen MR) is 107 cm³/mol. The summed E-state index contributed by atoms with van der Waals surface area (Å²) in [5.41, 5.74) is 5.50. The van der Waals surface area contributed by atoms with Crippen molar-refractivity contribution in [1.29, 1.82) is 0 Å². The molecule has 27 heavy (non-hydrogen) atoms. The molecule has 10 heteroatoms. The molecule has 0 bridgehead atoms. The average Bonchev–Trinajstić information content (AvgIpc) is 3.11. The van der Waals surface area contributed by atoms with Gasteiger partial charge in [0.15, 0.2) is 11.6 Å². The SMILES string of the molecule is CS(=O)Nc1cccc(Nc2ncc(-c3ccc(/C(=N/N)NN)cc3)o2)c1. The molecule has 0 aliphatic rings. The number of amidine groups is 1. The summed E-state index contributed by atoms with van der Waals surface area (Å²) in [7, 11) is -1.14. The minimum Gasteiger partial charge on any atom is -0.423 e. The van der Waals surface area contributed by atoms with Crippen LogP contribution in [0.15, 0.2) is 64.2 Å². The lowest BCUT2D eigenvalue weighted by atomic mass is 10.1. The molecule has 0 aliphatic heterocycles. The zero-order valence-electron chi connectivity index (χ0n) is 14.5. The van der Waals surface area contributed by atoms with Crippen molar-refractivity contribution in [2.24, 2.45) is 16.8 Å². The summed E-state index contributed by atoms with van der Waals surface area (Å²) in [5, 5.41) is 6.64. The molecule has 2 aromatic carbocycles. The van der Waals surface area contributed by atoms with E-state index in [4.69, 9.17) is 16.1 Å². The van der Waals surface area contributed by atoms with Gasteiger partial charge in [-0.05, 0) is 18.2 Å². The molecule has 3 aromatic rings. The van der Waals surface area contributed by atoms with Crippen LogP contribution in [0.3, 0.4) is 0 Å². The second kappa shape index (κ2) is 8.34. The number of rotatable bonds is 6. The summed E-state index contributed by atoms with van der Waals surface area (Å²) < 4.78 is 19.9. The first kappa shape index (κ1) is 18.4. The number of hydrogen-bond acceptors (Lipinski definition) is 7. The highest BCUT2D eigenvalue weighted by molar-refractivity contribution is 7.85. The van der Waals surface area contributed by atoms with Crippen LogP contribution in [0.5, 0.6) is 0 Å². The fourth-order valence-electron chi connectivity index (χ4n) is 2.40. The number of nitrogens with zero attached hydrogens (tertiary/aromatic N) is 2. The van der Waals surface area contributed by atoms with Crippen LogP contribution in [0, 0.1) is 0 Å². The van der Waals surface area contributed by atoms with Gasteiger partial charge in [-0.2, -0.15) is 5.10 Å². The molecule has 7 N–H and O–H groups in total. The van der Waals surface area contributed by atoms with Crippen LogP contribution < -0.4 is 27.2 Å². The van der Waals surface area contributed by atoms with Crippen molar-refractivity contribution in [3.8, 4) is 11.3 Å². The third-order valence-corrected chi connectivity index (χ3v) is 4.11. The van der Waals surface area contributed by atoms with Crippen molar-refractivity contribution < 1.29 is 8.63 Å². The summed E-state index contributed by atoms with van der Waals surface area (Å²) in [6.45, 7) is 0. The molecular weight excluding hydrogens is 366 g/mol. The van der Waals surface area contributed by atoms with Crippen LogP contribution in [0.25, 0.3) is 11.3 Å². The summed E-state index contributed by atoms with van der Waals surface area (Å²) in [6, 6.07) is 15.0. The van der Waals surface area contributed by atoms with Crippen molar-refractivity contribution in [3.05, 3.63) is 60.3 Å². The monoisotopic (exact) mass is 385 g/mol. The smallest absolute Gasteiger partial charge is 0.299 e. The van der Waals surface area contributed by atoms with Gasteiger partial charge in [0.25, 0.3) is 6.01 Å². The van der Waals surface area contributed by atoms with Crippen LogP contribution in [0.1, 0.15) is 5.56 Å². The molecule has 0 saturated carbocycles. The van der Waals surface area contributed by atoms with E-state index in [1.807, 2.05) is 48.5 Å². The van der Waals surface area contributed by atoms with Crippen LogP contribution in [0.4, 0.5) is 17.4 Å². The summed E-state index contributed by atoms with van der Waals surface area (Å²) >= 11 is 0. The number of hydrogen-bond donors (Lipinski definition) is 5. The van der Waals surface area contributed by atoms with E-state index in [1.54, 1.807) is 12.5 Å². The van der Waals surface area contributed by atoms with Gasteiger partial charge >= 0.3 is 0 Å². The van der Waals surface area contributed by atoms with E-state index < -0.39 is 11.0 Å². The first-order valence-corrected chi connectivity index (χ1v) is 9.43. The van der Waals surface area contributed by atoms with Gasteiger partial charge in [-0.3, -0.25) is 0 Å². The Kier molecular flexibility index (Phi) is 5.69. The van der Waals surface area contributed by atoms with Crippen LogP contribution >= 0.6 is 0 Å². The van der Waals surface area contributed by atoms with Gasteiger partial charge in [-0.25, -0.2) is 15.0 Å². The summed E-state index contributed by atoms with van der Waals surface area (Å²) in [6.07, 6.45) is 3.19. The second-order valence-corrected chi connectivity index (χ2v) is 6.60. The number of benzene rings is 2. The number of hydrazone groups is 1. The largest absolute Gasteiger partial charge is 0.423 e. The third-order valence-electron chi connectivity index (χ3n) is 3.59. The Labute approximate surface area is 158 Å². The molecule has 9 nitrogen and oxygen atoms in total. The van der Waals surface area contributed by atoms with Gasteiger partial charge in [0.05, 0.1) is 6.20 Å². The maximum atomic E-state index is 11.3. The van der Waals surface area contributed by atoms with Crippen LogP contribution in [-0.2, 0) is 11.0 Å². The van der Waals surface area contributed by atoms with E-state index in [-0.39, 0.29) is 0 Å². The number of aromatic nitrogens is 1. The van der Waals surface area contributed by atoms with E-state index in [9.17, 15) is 4.21 Å². The minimum absolute atomic E-state index is 0.344. The Hall–Kier alpha value is -3.37. The fourth-order valence-corrected chi connectivity index (χ4v) is 2.86. The summed E-state index contributed by atoms with van der Waals surface area (Å²) in [4.78, 5) is 4.23. The predicted octanol–water partition coefficient (Wildman–Crippen LogP) is 1.87. The lowest BCUT2D eigenvalue weighted by Crippen LogP contribution is -2.31. The van der Waals surface area contributed by atoms with Crippen LogP contribution in [0.2, 0.25) is 0 Å². The molecule has 1 heterocycles. The van der Waals surface area contributed by atoms with Gasteiger partial charge in [0.2, 0.25) is 0 Å². The van der Waals surface area contributed by atoms with E-state index in [2.05, 4.69) is 25.6 Å². The fraction of sp³-hybridized carbons (Fsp3) is 0.0588. The molecule has 0 radical (unpaired) electrons. The zero-order chi connectivity index (χ0) is 19.2. The molecule has 0 spiro atoms. The average molecular weight is 385 g/mol. The number of nitrogens with two attached hydrogens (primary N) is 2. The topological polar surface area (TPSA) is 144 Å². The van der Waals surface area contributed by atoms with Gasteiger partial charge in [-0.15, -0.1) is 0 Å². The molecule has 0 saturated heterocycles. The Balaban J connectivity index is 1.74. The molecule has 0 fully saturated rings. The maximum absolute atomic E-state index is 11.3. The highest BCUT2D eigenvalue weighted by Gasteiger charge is 2.08. The van der Waals surface area contributed by atoms with Crippen molar-refractivity contribution in [1.82, 2.24) is 10.4 Å². The van der Waals surface area contributed by atoms with Crippen molar-refractivity contribution in [3.63, 3.8) is 0 Å². The Morgan fingerprint density at radius 2 is 1.93 bits per heavy atom. The quantitative estimate of drug-likeness (QED) is 0.189. The number of hydrazine groups is 1. The molecule has 1 atom stereocenters. The number of anilines is 3. The van der Waals surface area contributed by atoms with Crippen LogP contribution in [-0.4, -0.2) is 21.3 Å². The van der Waals surface area contributed by atoms with Gasteiger partial charge in [0.1, 0.15) is 11.0 Å². The molecule has 140 valence electrons. The Bertz CT molecular complexity index is 969. The first-order chi connectivity index (χ1) is 13.1. The number of oxazole rings is 1. The zero-order valence-corrected chi connectivity index (χ0v) is 15.3.